The lowest BCUT2D eigenvalue weighted by atomic mass is 9.98. The fraction of sp³-hybridized carbons (Fsp3) is 0.438. The Bertz CT molecular complexity index is 634. The standard InChI is InChI=1S/C16H20N2O/c1-4-17-16-12-9-19-6-5-13(12)18-14-8-10(2)7-11(3)15(14)16/h7-8H,4-6,9H2,1-3H3,(H,17,18). The van der Waals surface area contributed by atoms with Crippen LogP contribution in [0.15, 0.2) is 12.1 Å². The molecule has 0 bridgehead atoms. The van der Waals surface area contributed by atoms with Crippen LogP contribution in [0.5, 0.6) is 0 Å². The molecule has 0 fully saturated rings. The van der Waals surface area contributed by atoms with Crippen molar-refractivity contribution in [3.8, 4) is 0 Å². The van der Waals surface area contributed by atoms with E-state index >= 15 is 0 Å². The minimum atomic E-state index is 0.675. The summed E-state index contributed by atoms with van der Waals surface area (Å²) in [6.07, 6.45) is 0.913. The van der Waals surface area contributed by atoms with Crippen molar-refractivity contribution in [3.63, 3.8) is 0 Å². The molecule has 2 aromatic rings. The molecular weight excluding hydrogens is 236 g/mol. The number of pyridine rings is 1. The quantitative estimate of drug-likeness (QED) is 0.894. The number of fused-ring (bicyclic) bond motifs is 2. The molecule has 0 saturated heterocycles. The second-order valence-corrected chi connectivity index (χ2v) is 5.22. The number of nitrogens with one attached hydrogen (secondary N) is 1. The number of anilines is 1. The maximum absolute atomic E-state index is 5.62. The van der Waals surface area contributed by atoms with Crippen molar-refractivity contribution in [1.29, 1.82) is 0 Å². The van der Waals surface area contributed by atoms with Crippen LogP contribution in [-0.2, 0) is 17.8 Å². The highest BCUT2D eigenvalue weighted by atomic mass is 16.5. The Morgan fingerprint density at radius 1 is 1.32 bits per heavy atom. The first-order valence-electron chi connectivity index (χ1n) is 6.95. The van der Waals surface area contributed by atoms with Crippen molar-refractivity contribution in [1.82, 2.24) is 4.98 Å². The monoisotopic (exact) mass is 256 g/mol. The van der Waals surface area contributed by atoms with Crippen LogP contribution < -0.4 is 5.32 Å². The van der Waals surface area contributed by atoms with Gasteiger partial charge in [0.25, 0.3) is 0 Å². The third-order valence-electron chi connectivity index (χ3n) is 3.70. The number of nitrogens with zero attached hydrogens (tertiary/aromatic N) is 1. The van der Waals surface area contributed by atoms with Crippen molar-refractivity contribution < 1.29 is 4.74 Å². The fourth-order valence-corrected chi connectivity index (χ4v) is 2.94. The molecule has 0 unspecified atom stereocenters. The number of rotatable bonds is 2. The van der Waals surface area contributed by atoms with Gasteiger partial charge in [-0.25, -0.2) is 0 Å². The predicted molar refractivity (Wildman–Crippen MR) is 78.7 cm³/mol. The van der Waals surface area contributed by atoms with Gasteiger partial charge in [-0.3, -0.25) is 4.98 Å². The van der Waals surface area contributed by atoms with Gasteiger partial charge in [0.1, 0.15) is 0 Å². The highest BCUT2D eigenvalue weighted by Gasteiger charge is 2.19. The summed E-state index contributed by atoms with van der Waals surface area (Å²) >= 11 is 0. The van der Waals surface area contributed by atoms with Crippen molar-refractivity contribution in [2.24, 2.45) is 0 Å². The molecule has 1 aliphatic rings. The number of aryl methyl sites for hydroxylation is 2. The van der Waals surface area contributed by atoms with Crippen molar-refractivity contribution in [3.05, 3.63) is 34.5 Å². The summed E-state index contributed by atoms with van der Waals surface area (Å²) in [5.41, 5.74) is 7.32. The molecule has 0 spiro atoms. The SMILES string of the molecule is CCNc1c2c(nc3cc(C)cc(C)c13)CCOC2. The molecule has 0 atom stereocenters. The summed E-state index contributed by atoms with van der Waals surface area (Å²) in [6, 6.07) is 4.40. The minimum absolute atomic E-state index is 0.675. The fourth-order valence-electron chi connectivity index (χ4n) is 2.94. The zero-order valence-electron chi connectivity index (χ0n) is 11.8. The first-order valence-corrected chi connectivity index (χ1v) is 6.95. The Kier molecular flexibility index (Phi) is 3.15. The van der Waals surface area contributed by atoms with Gasteiger partial charge in [0, 0.05) is 23.9 Å². The van der Waals surface area contributed by atoms with E-state index in [1.165, 1.54) is 33.5 Å². The maximum Gasteiger partial charge on any atom is 0.0755 e. The van der Waals surface area contributed by atoms with Crippen LogP contribution in [0.2, 0.25) is 0 Å². The number of aromatic nitrogens is 1. The predicted octanol–water partition coefficient (Wildman–Crippen LogP) is 3.36. The van der Waals surface area contributed by atoms with E-state index in [0.29, 0.717) is 6.61 Å². The van der Waals surface area contributed by atoms with Gasteiger partial charge in [-0.05, 0) is 38.0 Å². The summed E-state index contributed by atoms with van der Waals surface area (Å²) in [4.78, 5) is 4.86. The molecule has 0 saturated carbocycles. The number of hydrogen-bond donors (Lipinski definition) is 1. The smallest absolute Gasteiger partial charge is 0.0755 e. The van der Waals surface area contributed by atoms with E-state index in [4.69, 9.17) is 9.72 Å². The molecule has 2 heterocycles. The van der Waals surface area contributed by atoms with Crippen molar-refractivity contribution in [2.45, 2.75) is 33.8 Å². The zero-order valence-corrected chi connectivity index (χ0v) is 11.8. The Morgan fingerprint density at radius 2 is 2.16 bits per heavy atom. The first-order chi connectivity index (χ1) is 9.20. The van der Waals surface area contributed by atoms with Crippen LogP contribution in [0, 0.1) is 13.8 Å². The van der Waals surface area contributed by atoms with Gasteiger partial charge in [-0.15, -0.1) is 0 Å². The number of ether oxygens (including phenoxy) is 1. The van der Waals surface area contributed by atoms with Gasteiger partial charge in [0.05, 0.1) is 30.1 Å². The molecule has 1 aromatic heterocycles. The lowest BCUT2D eigenvalue weighted by Gasteiger charge is -2.22. The van der Waals surface area contributed by atoms with E-state index in [2.05, 4.69) is 38.2 Å². The summed E-state index contributed by atoms with van der Waals surface area (Å²) < 4.78 is 5.62. The largest absolute Gasteiger partial charge is 0.384 e. The van der Waals surface area contributed by atoms with E-state index in [9.17, 15) is 0 Å². The van der Waals surface area contributed by atoms with Crippen LogP contribution in [-0.4, -0.2) is 18.1 Å². The lowest BCUT2D eigenvalue weighted by Crippen LogP contribution is -2.15. The second-order valence-electron chi connectivity index (χ2n) is 5.22. The first kappa shape index (κ1) is 12.4. The molecule has 3 rings (SSSR count). The van der Waals surface area contributed by atoms with Crippen LogP contribution in [0.25, 0.3) is 10.9 Å². The molecule has 3 nitrogen and oxygen atoms in total. The van der Waals surface area contributed by atoms with E-state index in [-0.39, 0.29) is 0 Å². The Hall–Kier alpha value is -1.61. The van der Waals surface area contributed by atoms with Gasteiger partial charge in [0.15, 0.2) is 0 Å². The topological polar surface area (TPSA) is 34.2 Å². The van der Waals surface area contributed by atoms with Crippen LogP contribution in [0.4, 0.5) is 5.69 Å². The van der Waals surface area contributed by atoms with Crippen LogP contribution >= 0.6 is 0 Å². The molecule has 1 aromatic carbocycles. The third kappa shape index (κ3) is 2.08. The van der Waals surface area contributed by atoms with Crippen LogP contribution in [0.3, 0.4) is 0 Å². The maximum atomic E-state index is 5.62. The Balaban J connectivity index is 2.35. The molecule has 0 amide bonds. The average molecular weight is 256 g/mol. The summed E-state index contributed by atoms with van der Waals surface area (Å²) in [5, 5.41) is 4.77. The number of benzene rings is 1. The molecule has 3 heteroatoms. The van der Waals surface area contributed by atoms with E-state index in [0.717, 1.165) is 25.1 Å². The van der Waals surface area contributed by atoms with Crippen molar-refractivity contribution >= 4 is 16.6 Å². The molecule has 0 radical (unpaired) electrons. The normalized spacial score (nSPS) is 14.5. The second kappa shape index (κ2) is 4.82. The minimum Gasteiger partial charge on any atom is -0.384 e. The Morgan fingerprint density at radius 3 is 2.95 bits per heavy atom. The van der Waals surface area contributed by atoms with Gasteiger partial charge >= 0.3 is 0 Å². The third-order valence-corrected chi connectivity index (χ3v) is 3.70. The van der Waals surface area contributed by atoms with E-state index in [1.807, 2.05) is 0 Å². The summed E-state index contributed by atoms with van der Waals surface area (Å²) in [6.45, 7) is 8.79. The molecule has 1 N–H and O–H groups in total. The Labute approximate surface area is 114 Å². The lowest BCUT2D eigenvalue weighted by molar-refractivity contribution is 0.110. The van der Waals surface area contributed by atoms with Gasteiger partial charge in [-0.2, -0.15) is 0 Å². The molecule has 100 valence electrons. The van der Waals surface area contributed by atoms with Gasteiger partial charge in [0.2, 0.25) is 0 Å². The zero-order chi connectivity index (χ0) is 13.4. The van der Waals surface area contributed by atoms with Gasteiger partial charge in [-0.1, -0.05) is 6.07 Å². The summed E-state index contributed by atoms with van der Waals surface area (Å²) in [7, 11) is 0. The highest BCUT2D eigenvalue weighted by Crippen LogP contribution is 2.34. The van der Waals surface area contributed by atoms with E-state index < -0.39 is 0 Å². The van der Waals surface area contributed by atoms with Gasteiger partial charge < -0.3 is 10.1 Å². The average Bonchev–Trinajstić information content (AvgIpc) is 2.38. The highest BCUT2D eigenvalue weighted by molar-refractivity contribution is 5.96. The van der Waals surface area contributed by atoms with Crippen LogP contribution in [0.1, 0.15) is 29.3 Å². The van der Waals surface area contributed by atoms with E-state index in [1.54, 1.807) is 0 Å². The molecular formula is C16H20N2O. The van der Waals surface area contributed by atoms with Crippen molar-refractivity contribution in [2.75, 3.05) is 18.5 Å². The molecule has 0 aliphatic carbocycles. The number of hydrogen-bond acceptors (Lipinski definition) is 3. The summed E-state index contributed by atoms with van der Waals surface area (Å²) in [5.74, 6) is 0. The molecule has 19 heavy (non-hydrogen) atoms. The molecule has 1 aliphatic heterocycles.